The Balaban J connectivity index is 1.45. The van der Waals surface area contributed by atoms with E-state index in [2.05, 4.69) is 10.1 Å². The lowest BCUT2D eigenvalue weighted by molar-refractivity contribution is -0.254. The first kappa shape index (κ1) is 45.7. The Labute approximate surface area is 345 Å². The molecule has 3 aromatic rings. The Morgan fingerprint density at radius 3 is 2.02 bits per heavy atom. The molecule has 1 saturated heterocycles. The third-order valence-electron chi connectivity index (χ3n) is 8.96. The van der Waals surface area contributed by atoms with Crippen molar-refractivity contribution in [1.29, 1.82) is 0 Å². The molecule has 1 amide bonds. The number of rotatable bonds is 17. The van der Waals surface area contributed by atoms with Crippen molar-refractivity contribution in [2.75, 3.05) is 20.8 Å². The van der Waals surface area contributed by atoms with Crippen LogP contribution >= 0.6 is 11.6 Å². The van der Waals surface area contributed by atoms with Crippen LogP contribution in [0.3, 0.4) is 0 Å². The van der Waals surface area contributed by atoms with Crippen molar-refractivity contribution >= 4 is 53.3 Å². The van der Waals surface area contributed by atoms with Gasteiger partial charge in [-0.25, -0.2) is 4.79 Å². The van der Waals surface area contributed by atoms with Crippen LogP contribution in [0.1, 0.15) is 79.3 Å². The van der Waals surface area contributed by atoms with Gasteiger partial charge >= 0.3 is 35.8 Å². The number of ether oxygens (including phenoxy) is 8. The summed E-state index contributed by atoms with van der Waals surface area (Å²) in [5.74, 6) is -3.99. The maximum atomic E-state index is 13.0. The van der Waals surface area contributed by atoms with E-state index in [1.165, 1.54) is 28.1 Å². The molecule has 0 bridgehead atoms. The SMILES string of the molecule is COC(=O)CC[C@H](NC(=O)c1cccc(COc2ccc(Cc3ccc([C@@H]4O[C@H](COC(C)=O)[C@@H](OC(C)=O)[C@H](OC(C)=O)[C@H]4OC(C)=O)cc3Cl)cc2)c1)C(=O)OC. The van der Waals surface area contributed by atoms with Crippen LogP contribution in [0.5, 0.6) is 5.75 Å². The second kappa shape index (κ2) is 21.7. The van der Waals surface area contributed by atoms with E-state index in [1.807, 2.05) is 12.1 Å². The lowest BCUT2D eigenvalue weighted by Gasteiger charge is -2.44. The van der Waals surface area contributed by atoms with Gasteiger partial charge in [0.05, 0.1) is 14.2 Å². The van der Waals surface area contributed by atoms with Gasteiger partial charge in [0, 0.05) is 44.7 Å². The first-order valence-corrected chi connectivity index (χ1v) is 18.8. The van der Waals surface area contributed by atoms with Crippen molar-refractivity contribution in [2.45, 2.75) is 90.1 Å². The number of benzene rings is 3. The van der Waals surface area contributed by atoms with Crippen LogP contribution in [-0.2, 0) is 75.0 Å². The fourth-order valence-corrected chi connectivity index (χ4v) is 6.53. The maximum Gasteiger partial charge on any atom is 0.328 e. The summed E-state index contributed by atoms with van der Waals surface area (Å²) in [6.07, 6.45) is -5.72. The van der Waals surface area contributed by atoms with E-state index in [0.717, 1.165) is 25.0 Å². The van der Waals surface area contributed by atoms with Crippen LogP contribution in [0, 0.1) is 0 Å². The van der Waals surface area contributed by atoms with Gasteiger partial charge in [-0.15, -0.1) is 0 Å². The molecule has 1 heterocycles. The van der Waals surface area contributed by atoms with Gasteiger partial charge in [0.2, 0.25) is 0 Å². The van der Waals surface area contributed by atoms with E-state index in [-0.39, 0.29) is 31.6 Å². The van der Waals surface area contributed by atoms with Crippen LogP contribution < -0.4 is 10.1 Å². The minimum absolute atomic E-state index is 0.00938. The maximum absolute atomic E-state index is 13.0. The number of esters is 6. The summed E-state index contributed by atoms with van der Waals surface area (Å²) in [6, 6.07) is 18.1. The molecular weight excluding hydrogens is 794 g/mol. The molecule has 1 fully saturated rings. The number of carbonyl (C=O) groups excluding carboxylic acids is 7. The van der Waals surface area contributed by atoms with Gasteiger partial charge in [0.1, 0.15) is 37.2 Å². The number of methoxy groups -OCH3 is 2. The van der Waals surface area contributed by atoms with Crippen LogP contribution in [0.2, 0.25) is 5.02 Å². The third-order valence-corrected chi connectivity index (χ3v) is 9.32. The average molecular weight is 840 g/mol. The monoisotopic (exact) mass is 839 g/mol. The van der Waals surface area contributed by atoms with Crippen LogP contribution in [0.25, 0.3) is 0 Å². The lowest BCUT2D eigenvalue weighted by Crippen LogP contribution is -2.59. The molecule has 4 rings (SSSR count). The molecule has 6 atom stereocenters. The first-order chi connectivity index (χ1) is 28.1. The number of hydrogen-bond acceptors (Lipinski definition) is 15. The highest BCUT2D eigenvalue weighted by Crippen LogP contribution is 2.39. The summed E-state index contributed by atoms with van der Waals surface area (Å²) in [7, 11) is 2.42. The highest BCUT2D eigenvalue weighted by atomic mass is 35.5. The van der Waals surface area contributed by atoms with Gasteiger partial charge in [-0.2, -0.15) is 0 Å². The summed E-state index contributed by atoms with van der Waals surface area (Å²) in [6.45, 7) is 4.44. The minimum atomic E-state index is -1.32. The summed E-state index contributed by atoms with van der Waals surface area (Å²) in [5, 5.41) is 2.95. The predicted octanol–water partition coefficient (Wildman–Crippen LogP) is 4.53. The van der Waals surface area contributed by atoms with Crippen LogP contribution in [-0.4, -0.2) is 93.0 Å². The van der Waals surface area contributed by atoms with E-state index >= 15 is 0 Å². The summed E-state index contributed by atoms with van der Waals surface area (Å²) >= 11 is 6.80. The van der Waals surface area contributed by atoms with Crippen molar-refractivity contribution in [1.82, 2.24) is 5.32 Å². The fraction of sp³-hybridized carbons (Fsp3) is 0.405. The molecule has 1 aliphatic heterocycles. The molecule has 1 aliphatic rings. The highest BCUT2D eigenvalue weighted by molar-refractivity contribution is 6.31. The van der Waals surface area contributed by atoms with Gasteiger partial charge in [0.25, 0.3) is 5.91 Å². The molecular formula is C42H46ClNO15. The molecule has 0 saturated carbocycles. The number of hydrogen-bond donors (Lipinski definition) is 1. The van der Waals surface area contributed by atoms with E-state index < -0.39 is 78.3 Å². The van der Waals surface area contributed by atoms with Crippen molar-refractivity contribution in [3.63, 3.8) is 0 Å². The van der Waals surface area contributed by atoms with Crippen LogP contribution in [0.15, 0.2) is 66.7 Å². The molecule has 1 N–H and O–H groups in total. The van der Waals surface area contributed by atoms with E-state index in [0.29, 0.717) is 28.3 Å². The number of amides is 1. The lowest BCUT2D eigenvalue weighted by atomic mass is 9.89. The topological polar surface area (TPSA) is 205 Å². The second-order valence-electron chi connectivity index (χ2n) is 13.4. The normalized spacial score (nSPS) is 18.9. The third kappa shape index (κ3) is 13.5. The molecule has 0 aromatic heterocycles. The Bertz CT molecular complexity index is 2000. The first-order valence-electron chi connectivity index (χ1n) is 18.4. The molecule has 16 nitrogen and oxygen atoms in total. The Morgan fingerprint density at radius 1 is 0.746 bits per heavy atom. The molecule has 0 radical (unpaired) electrons. The molecule has 3 aromatic carbocycles. The summed E-state index contributed by atoms with van der Waals surface area (Å²) in [5.41, 5.74) is 3.05. The van der Waals surface area contributed by atoms with Gasteiger partial charge in [-0.05, 0) is 65.4 Å². The molecule has 17 heteroatoms. The average Bonchev–Trinajstić information content (AvgIpc) is 3.19. The summed E-state index contributed by atoms with van der Waals surface area (Å²) < 4.78 is 43.4. The second-order valence-corrected chi connectivity index (χ2v) is 13.9. The quantitative estimate of drug-likeness (QED) is 0.146. The zero-order valence-corrected chi connectivity index (χ0v) is 34.1. The number of carbonyl (C=O) groups is 7. The summed E-state index contributed by atoms with van der Waals surface area (Å²) in [4.78, 5) is 85.0. The number of halogens is 1. The molecule has 59 heavy (non-hydrogen) atoms. The van der Waals surface area contributed by atoms with Gasteiger partial charge in [-0.1, -0.05) is 48.0 Å². The zero-order chi connectivity index (χ0) is 43.2. The van der Waals surface area contributed by atoms with Crippen molar-refractivity contribution in [2.24, 2.45) is 0 Å². The van der Waals surface area contributed by atoms with Gasteiger partial charge in [-0.3, -0.25) is 28.8 Å². The molecule has 316 valence electrons. The van der Waals surface area contributed by atoms with Crippen molar-refractivity contribution in [3.8, 4) is 5.75 Å². The number of nitrogens with one attached hydrogen (secondary N) is 1. The standard InChI is InChI=1S/C42H46ClNO15/c1-23(45)54-22-35-38(56-24(2)46)40(58-26(4)48)39(57-25(3)47)37(59-35)30-13-12-29(33(43)20-30)18-27-10-14-32(15-11-27)55-21-28-8-7-9-31(19-28)41(50)44-34(42(51)53-6)16-17-36(49)52-5/h7-15,19-20,34-35,37-40H,16-18,21-22H2,1-6H3,(H,44,50)/t34-,35+,37-,38+,39-,40-/m0/s1. The minimum Gasteiger partial charge on any atom is -0.489 e. The largest absolute Gasteiger partial charge is 0.489 e. The fourth-order valence-electron chi connectivity index (χ4n) is 6.27. The van der Waals surface area contributed by atoms with Gasteiger partial charge in [0.15, 0.2) is 18.3 Å². The molecule has 0 unspecified atom stereocenters. The van der Waals surface area contributed by atoms with Crippen LogP contribution in [0.4, 0.5) is 0 Å². The Morgan fingerprint density at radius 2 is 1.41 bits per heavy atom. The van der Waals surface area contributed by atoms with Gasteiger partial charge < -0.3 is 43.2 Å². The smallest absolute Gasteiger partial charge is 0.328 e. The molecule has 0 aliphatic carbocycles. The highest BCUT2D eigenvalue weighted by Gasteiger charge is 2.52. The predicted molar refractivity (Wildman–Crippen MR) is 207 cm³/mol. The van der Waals surface area contributed by atoms with Crippen molar-refractivity contribution < 1.29 is 71.5 Å². The Hall–Kier alpha value is -6.00. The van der Waals surface area contributed by atoms with Crippen molar-refractivity contribution in [3.05, 3.63) is 99.6 Å². The zero-order valence-electron chi connectivity index (χ0n) is 33.4. The van der Waals surface area contributed by atoms with E-state index in [1.54, 1.807) is 54.6 Å². The Kier molecular flexibility index (Phi) is 16.8. The van der Waals surface area contributed by atoms with E-state index in [9.17, 15) is 33.6 Å². The molecule has 0 spiro atoms. The van der Waals surface area contributed by atoms with E-state index in [4.69, 9.17) is 44.8 Å².